The predicted octanol–water partition coefficient (Wildman–Crippen LogP) is 4.24. The van der Waals surface area contributed by atoms with Gasteiger partial charge in [-0.1, -0.05) is 11.6 Å². The van der Waals surface area contributed by atoms with E-state index in [1.165, 1.54) is 0 Å². The number of nitrogens with zero attached hydrogens (tertiary/aromatic N) is 1. The molecule has 0 bridgehead atoms. The van der Waals surface area contributed by atoms with E-state index in [1.807, 2.05) is 16.8 Å². The van der Waals surface area contributed by atoms with Gasteiger partial charge in [0.15, 0.2) is 0 Å². The summed E-state index contributed by atoms with van der Waals surface area (Å²) in [5.74, 6) is -0.489. The van der Waals surface area contributed by atoms with Crippen LogP contribution in [0.5, 0.6) is 0 Å². The minimum Gasteiger partial charge on any atom is -0.379 e. The lowest BCUT2D eigenvalue weighted by Gasteiger charge is -2.09. The van der Waals surface area contributed by atoms with Gasteiger partial charge in [0.25, 0.3) is 5.91 Å². The number of carbonyl (C=O) groups is 1. The molecule has 22 heavy (non-hydrogen) atoms. The summed E-state index contributed by atoms with van der Waals surface area (Å²) in [6.07, 6.45) is 0. The molecule has 1 aromatic carbocycles. The molecule has 0 aliphatic rings. The fraction of sp³-hybridized carbons (Fsp3) is 0.0667. The van der Waals surface area contributed by atoms with Gasteiger partial charge in [-0.2, -0.15) is 11.3 Å². The zero-order chi connectivity index (χ0) is 15.5. The van der Waals surface area contributed by atoms with Crippen molar-refractivity contribution in [3.8, 4) is 10.6 Å². The number of hydrogen-bond acceptors (Lipinski definition) is 5. The molecule has 0 radical (unpaired) electrons. The number of rotatable bonds is 5. The van der Waals surface area contributed by atoms with Crippen LogP contribution in [0.3, 0.4) is 0 Å². The van der Waals surface area contributed by atoms with Crippen molar-refractivity contribution in [2.24, 2.45) is 5.73 Å². The summed E-state index contributed by atoms with van der Waals surface area (Å²) >= 11 is 9.21. The Bertz CT molecular complexity index is 799. The molecule has 7 heteroatoms. The van der Waals surface area contributed by atoms with Crippen molar-refractivity contribution in [3.63, 3.8) is 0 Å². The van der Waals surface area contributed by atoms with Gasteiger partial charge in [-0.3, -0.25) is 4.79 Å². The lowest BCUT2D eigenvalue weighted by atomic mass is 10.1. The Morgan fingerprint density at radius 1 is 1.32 bits per heavy atom. The topological polar surface area (TPSA) is 68.0 Å². The minimum atomic E-state index is -0.489. The third kappa shape index (κ3) is 3.30. The highest BCUT2D eigenvalue weighted by Gasteiger charge is 2.10. The first kappa shape index (κ1) is 15.0. The Balaban J connectivity index is 1.76. The third-order valence-corrected chi connectivity index (χ3v) is 4.89. The van der Waals surface area contributed by atoms with Gasteiger partial charge in [-0.25, -0.2) is 4.98 Å². The maximum absolute atomic E-state index is 11.4. The summed E-state index contributed by atoms with van der Waals surface area (Å²) < 4.78 is 0. The number of halogens is 1. The van der Waals surface area contributed by atoms with Gasteiger partial charge in [0.05, 0.1) is 17.8 Å². The Kier molecular flexibility index (Phi) is 4.42. The lowest BCUT2D eigenvalue weighted by Crippen LogP contribution is -2.14. The predicted molar refractivity (Wildman–Crippen MR) is 92.7 cm³/mol. The van der Waals surface area contributed by atoms with Crippen LogP contribution in [0.1, 0.15) is 16.1 Å². The molecular weight excluding hydrogens is 338 g/mol. The van der Waals surface area contributed by atoms with E-state index in [9.17, 15) is 4.79 Å². The molecule has 0 fully saturated rings. The Hall–Kier alpha value is -1.89. The molecule has 3 N–H and O–H groups in total. The van der Waals surface area contributed by atoms with Crippen molar-refractivity contribution in [2.45, 2.75) is 6.54 Å². The summed E-state index contributed by atoms with van der Waals surface area (Å²) in [5, 5.41) is 10.8. The Labute approximate surface area is 140 Å². The average molecular weight is 350 g/mol. The van der Waals surface area contributed by atoms with E-state index < -0.39 is 5.91 Å². The number of primary amides is 1. The SMILES string of the molecule is NC(=O)c1ccc(Cl)cc1NCc1csc(-c2ccsc2)n1. The van der Waals surface area contributed by atoms with Crippen molar-refractivity contribution in [2.75, 3.05) is 5.32 Å². The van der Waals surface area contributed by atoms with E-state index in [1.54, 1.807) is 40.9 Å². The highest BCUT2D eigenvalue weighted by atomic mass is 35.5. The first-order valence-electron chi connectivity index (χ1n) is 6.43. The molecule has 0 saturated carbocycles. The maximum atomic E-state index is 11.4. The number of hydrogen-bond donors (Lipinski definition) is 2. The number of thiophene rings is 1. The number of aromatic nitrogens is 1. The van der Waals surface area contributed by atoms with Crippen LogP contribution in [0, 0.1) is 0 Å². The van der Waals surface area contributed by atoms with Crippen LogP contribution in [-0.2, 0) is 6.54 Å². The average Bonchev–Trinajstić information content (AvgIpc) is 3.16. The van der Waals surface area contributed by atoms with Crippen LogP contribution in [0.4, 0.5) is 5.69 Å². The summed E-state index contributed by atoms with van der Waals surface area (Å²) in [5.41, 5.74) is 8.43. The van der Waals surface area contributed by atoms with E-state index in [0.29, 0.717) is 22.8 Å². The molecule has 2 aromatic heterocycles. The van der Waals surface area contributed by atoms with Crippen molar-refractivity contribution in [1.29, 1.82) is 0 Å². The van der Waals surface area contributed by atoms with Crippen LogP contribution in [0.25, 0.3) is 10.6 Å². The van der Waals surface area contributed by atoms with Crippen molar-refractivity contribution in [1.82, 2.24) is 4.98 Å². The van der Waals surface area contributed by atoms with Crippen LogP contribution in [0.2, 0.25) is 5.02 Å². The van der Waals surface area contributed by atoms with Gasteiger partial charge in [0.1, 0.15) is 5.01 Å². The second kappa shape index (κ2) is 6.48. The van der Waals surface area contributed by atoms with E-state index in [0.717, 1.165) is 16.3 Å². The number of benzene rings is 1. The van der Waals surface area contributed by atoms with Crippen LogP contribution in [-0.4, -0.2) is 10.9 Å². The van der Waals surface area contributed by atoms with Crippen LogP contribution in [0.15, 0.2) is 40.4 Å². The molecule has 0 saturated heterocycles. The second-order valence-corrected chi connectivity index (χ2v) is 6.64. The first-order chi connectivity index (χ1) is 10.6. The highest BCUT2D eigenvalue weighted by Crippen LogP contribution is 2.26. The van der Waals surface area contributed by atoms with Gasteiger partial charge in [0.2, 0.25) is 0 Å². The van der Waals surface area contributed by atoms with Crippen molar-refractivity contribution in [3.05, 3.63) is 56.7 Å². The molecule has 0 aliphatic carbocycles. The summed E-state index contributed by atoms with van der Waals surface area (Å²) in [4.78, 5) is 16.0. The second-order valence-electron chi connectivity index (χ2n) is 4.56. The lowest BCUT2D eigenvalue weighted by molar-refractivity contribution is 0.100. The fourth-order valence-electron chi connectivity index (χ4n) is 1.97. The van der Waals surface area contributed by atoms with Gasteiger partial charge >= 0.3 is 0 Å². The van der Waals surface area contributed by atoms with Crippen LogP contribution >= 0.6 is 34.3 Å². The Morgan fingerprint density at radius 2 is 2.18 bits per heavy atom. The van der Waals surface area contributed by atoms with Gasteiger partial charge < -0.3 is 11.1 Å². The standard InChI is InChI=1S/C15H12ClN3OS2/c16-10-1-2-12(14(17)20)13(5-10)18-6-11-8-22-15(19-11)9-3-4-21-7-9/h1-5,7-8,18H,6H2,(H2,17,20). The van der Waals surface area contributed by atoms with Crippen molar-refractivity contribution >= 4 is 45.9 Å². The fourth-order valence-corrected chi connectivity index (χ4v) is 3.67. The minimum absolute atomic E-state index is 0.415. The first-order valence-corrected chi connectivity index (χ1v) is 8.64. The summed E-state index contributed by atoms with van der Waals surface area (Å²) in [7, 11) is 0. The zero-order valence-electron chi connectivity index (χ0n) is 11.4. The quantitative estimate of drug-likeness (QED) is 0.724. The van der Waals surface area contributed by atoms with Gasteiger partial charge in [0, 0.05) is 27.0 Å². The zero-order valence-corrected chi connectivity index (χ0v) is 13.8. The normalized spacial score (nSPS) is 10.6. The molecule has 4 nitrogen and oxygen atoms in total. The van der Waals surface area contributed by atoms with Gasteiger partial charge in [-0.05, 0) is 29.6 Å². The summed E-state index contributed by atoms with van der Waals surface area (Å²) in [6, 6.07) is 6.99. The molecule has 0 unspecified atom stereocenters. The molecule has 2 heterocycles. The number of nitrogens with two attached hydrogens (primary N) is 1. The number of anilines is 1. The molecule has 3 rings (SSSR count). The van der Waals surface area contributed by atoms with E-state index in [-0.39, 0.29) is 0 Å². The number of thiazole rings is 1. The maximum Gasteiger partial charge on any atom is 0.250 e. The molecule has 1 amide bonds. The number of amides is 1. The molecule has 3 aromatic rings. The number of carbonyl (C=O) groups excluding carboxylic acids is 1. The third-order valence-electron chi connectivity index (χ3n) is 3.03. The molecule has 112 valence electrons. The van der Waals surface area contributed by atoms with Crippen molar-refractivity contribution < 1.29 is 4.79 Å². The number of nitrogens with one attached hydrogen (secondary N) is 1. The van der Waals surface area contributed by atoms with E-state index in [2.05, 4.69) is 15.7 Å². The largest absolute Gasteiger partial charge is 0.379 e. The highest BCUT2D eigenvalue weighted by molar-refractivity contribution is 7.14. The van der Waals surface area contributed by atoms with Crippen LogP contribution < -0.4 is 11.1 Å². The Morgan fingerprint density at radius 3 is 2.91 bits per heavy atom. The molecular formula is C15H12ClN3OS2. The smallest absolute Gasteiger partial charge is 0.250 e. The van der Waals surface area contributed by atoms with E-state index >= 15 is 0 Å². The monoisotopic (exact) mass is 349 g/mol. The van der Waals surface area contributed by atoms with Gasteiger partial charge in [-0.15, -0.1) is 11.3 Å². The summed E-state index contributed by atoms with van der Waals surface area (Å²) in [6.45, 7) is 0.501. The molecule has 0 spiro atoms. The molecule has 0 atom stereocenters. The van der Waals surface area contributed by atoms with E-state index in [4.69, 9.17) is 17.3 Å². The molecule has 0 aliphatic heterocycles.